The van der Waals surface area contributed by atoms with E-state index in [1.54, 1.807) is 14.1 Å². The predicted octanol–water partition coefficient (Wildman–Crippen LogP) is 1.30. The third-order valence-corrected chi connectivity index (χ3v) is 3.56. The summed E-state index contributed by atoms with van der Waals surface area (Å²) >= 11 is 0. The molecule has 1 amide bonds. The van der Waals surface area contributed by atoms with E-state index in [0.717, 1.165) is 5.56 Å². The van der Waals surface area contributed by atoms with E-state index in [9.17, 15) is 4.79 Å². The second kappa shape index (κ2) is 10.0. The fraction of sp³-hybridized carbons (Fsp3) is 0.533. The van der Waals surface area contributed by atoms with Crippen molar-refractivity contribution < 1.29 is 9.45 Å². The summed E-state index contributed by atoms with van der Waals surface area (Å²) in [5.74, 6) is -0.150. The highest BCUT2D eigenvalue weighted by Gasteiger charge is 2.35. The van der Waals surface area contributed by atoms with Crippen molar-refractivity contribution in [1.82, 2.24) is 21.0 Å². The van der Waals surface area contributed by atoms with E-state index >= 15 is 0 Å². The molecule has 0 aliphatic heterocycles. The first-order valence-electron chi connectivity index (χ1n) is 7.79. The van der Waals surface area contributed by atoms with Crippen LogP contribution in [-0.4, -0.2) is 49.7 Å². The number of hydrazine groups is 2. The SMILES string of the molecule is CCN(NC)C(C)(C)C(=O)N(C)NN=N[B]OCc1ccccc1. The Morgan fingerprint density at radius 3 is 2.58 bits per heavy atom. The molecule has 1 aromatic carbocycles. The molecule has 0 heterocycles. The van der Waals surface area contributed by atoms with Gasteiger partial charge in [-0.25, -0.2) is 10.0 Å². The lowest BCUT2D eigenvalue weighted by Crippen LogP contribution is -2.60. The van der Waals surface area contributed by atoms with Gasteiger partial charge in [0.25, 0.3) is 5.91 Å². The van der Waals surface area contributed by atoms with Crippen molar-refractivity contribution >= 4 is 13.5 Å². The van der Waals surface area contributed by atoms with Crippen LogP contribution < -0.4 is 11.0 Å². The van der Waals surface area contributed by atoms with E-state index in [4.69, 9.17) is 4.65 Å². The Morgan fingerprint density at radius 1 is 1.33 bits per heavy atom. The number of hydrogen-bond acceptors (Lipinski definition) is 6. The summed E-state index contributed by atoms with van der Waals surface area (Å²) in [6.07, 6.45) is 0. The maximum absolute atomic E-state index is 12.5. The maximum atomic E-state index is 12.5. The molecular formula is C15H26BN6O2. The van der Waals surface area contributed by atoms with Gasteiger partial charge in [-0.05, 0) is 26.5 Å². The van der Waals surface area contributed by atoms with E-state index in [0.29, 0.717) is 13.2 Å². The fourth-order valence-electron chi connectivity index (χ4n) is 2.26. The van der Waals surface area contributed by atoms with Crippen molar-refractivity contribution in [1.29, 1.82) is 0 Å². The number of carbonyl (C=O) groups excluding carboxylic acids is 1. The summed E-state index contributed by atoms with van der Waals surface area (Å²) in [6.45, 7) is 6.73. The van der Waals surface area contributed by atoms with Crippen LogP contribution in [0.5, 0.6) is 0 Å². The van der Waals surface area contributed by atoms with Crippen molar-refractivity contribution in [3.05, 3.63) is 35.9 Å². The highest BCUT2D eigenvalue weighted by atomic mass is 16.4. The van der Waals surface area contributed by atoms with Crippen LogP contribution in [0.3, 0.4) is 0 Å². The molecule has 0 atom stereocenters. The van der Waals surface area contributed by atoms with Crippen LogP contribution in [0, 0.1) is 0 Å². The van der Waals surface area contributed by atoms with Gasteiger partial charge in [0.15, 0.2) is 0 Å². The number of hydrogen-bond donors (Lipinski definition) is 2. The summed E-state index contributed by atoms with van der Waals surface area (Å²) < 4.78 is 5.26. The lowest BCUT2D eigenvalue weighted by molar-refractivity contribution is -0.146. The molecular weight excluding hydrogens is 307 g/mol. The molecule has 0 unspecified atom stereocenters. The quantitative estimate of drug-likeness (QED) is 0.292. The minimum atomic E-state index is -0.728. The van der Waals surface area contributed by atoms with Crippen LogP contribution in [0.25, 0.3) is 0 Å². The standard InChI is InChI=1S/C15H26BN6O2/c1-6-22(17-4)15(2,3)14(23)21(5)20-19-18-16-24-12-13-10-8-7-9-11-13/h7-11,17H,6,12H2,1-5H3,(H,18,20). The third-order valence-electron chi connectivity index (χ3n) is 3.56. The van der Waals surface area contributed by atoms with Crippen molar-refractivity contribution in [2.45, 2.75) is 32.9 Å². The average Bonchev–Trinajstić information content (AvgIpc) is 2.58. The predicted molar refractivity (Wildman–Crippen MR) is 93.3 cm³/mol. The molecule has 8 nitrogen and oxygen atoms in total. The van der Waals surface area contributed by atoms with E-state index < -0.39 is 5.54 Å². The second-order valence-corrected chi connectivity index (χ2v) is 5.61. The first-order valence-corrected chi connectivity index (χ1v) is 7.79. The maximum Gasteiger partial charge on any atom is 0.487 e. The molecule has 0 aliphatic carbocycles. The van der Waals surface area contributed by atoms with Gasteiger partial charge in [0.2, 0.25) is 0 Å². The lowest BCUT2D eigenvalue weighted by atomic mass is 10.0. The van der Waals surface area contributed by atoms with Gasteiger partial charge in [0, 0.05) is 13.6 Å². The van der Waals surface area contributed by atoms with E-state index in [-0.39, 0.29) is 5.91 Å². The number of nitrogens with one attached hydrogen (secondary N) is 2. The molecule has 2 N–H and O–H groups in total. The molecule has 9 heteroatoms. The number of likely N-dealkylation sites (N-methyl/N-ethyl adjacent to an activating group) is 2. The minimum absolute atomic E-state index is 0.150. The topological polar surface area (TPSA) is 81.6 Å². The molecule has 0 spiro atoms. The first-order chi connectivity index (χ1) is 11.4. The number of rotatable bonds is 10. The Hall–Kier alpha value is -1.97. The molecule has 24 heavy (non-hydrogen) atoms. The average molecular weight is 333 g/mol. The summed E-state index contributed by atoms with van der Waals surface area (Å²) in [4.78, 5) is 12.5. The summed E-state index contributed by atoms with van der Waals surface area (Å²) in [6, 6.07) is 9.74. The van der Waals surface area contributed by atoms with Crippen molar-refractivity contribution in [3.63, 3.8) is 0 Å². The van der Waals surface area contributed by atoms with Crippen LogP contribution >= 0.6 is 0 Å². The number of carbonyl (C=O) groups is 1. The van der Waals surface area contributed by atoms with Gasteiger partial charge in [-0.2, -0.15) is 10.6 Å². The van der Waals surface area contributed by atoms with Gasteiger partial charge in [0.1, 0.15) is 5.54 Å². The van der Waals surface area contributed by atoms with Crippen LogP contribution in [0.1, 0.15) is 26.3 Å². The summed E-state index contributed by atoms with van der Waals surface area (Å²) in [5, 5.41) is 10.5. The monoisotopic (exact) mass is 333 g/mol. The number of benzene rings is 1. The van der Waals surface area contributed by atoms with Crippen LogP contribution in [0.2, 0.25) is 0 Å². The highest BCUT2D eigenvalue weighted by molar-refractivity contribution is 6.23. The Morgan fingerprint density at radius 2 is 2.00 bits per heavy atom. The van der Waals surface area contributed by atoms with Crippen LogP contribution in [0.15, 0.2) is 40.6 Å². The normalized spacial score (nSPS) is 11.8. The highest BCUT2D eigenvalue weighted by Crippen LogP contribution is 2.13. The lowest BCUT2D eigenvalue weighted by Gasteiger charge is -2.37. The summed E-state index contributed by atoms with van der Waals surface area (Å²) in [5.41, 5.74) is 5.88. The molecule has 0 aliphatic rings. The minimum Gasteiger partial charge on any atom is -0.412 e. The zero-order valence-electron chi connectivity index (χ0n) is 15.0. The molecule has 0 bridgehead atoms. The Labute approximate surface area is 144 Å². The zero-order chi connectivity index (χ0) is 18.0. The Balaban J connectivity index is 2.36. The molecule has 1 radical (unpaired) electrons. The van der Waals surface area contributed by atoms with E-state index in [2.05, 4.69) is 21.2 Å². The van der Waals surface area contributed by atoms with E-state index in [1.807, 2.05) is 56.1 Å². The second-order valence-electron chi connectivity index (χ2n) is 5.61. The van der Waals surface area contributed by atoms with E-state index in [1.165, 1.54) is 12.6 Å². The van der Waals surface area contributed by atoms with Gasteiger partial charge in [-0.1, -0.05) is 42.5 Å². The smallest absolute Gasteiger partial charge is 0.412 e. The summed E-state index contributed by atoms with van der Waals surface area (Å²) in [7, 11) is 4.61. The Kier molecular flexibility index (Phi) is 8.38. The largest absolute Gasteiger partial charge is 0.487 e. The van der Waals surface area contributed by atoms with Crippen LogP contribution in [-0.2, 0) is 16.1 Å². The molecule has 0 fully saturated rings. The molecule has 131 valence electrons. The van der Waals surface area contributed by atoms with Gasteiger partial charge in [0.05, 0.1) is 6.61 Å². The Bertz CT molecular complexity index is 522. The van der Waals surface area contributed by atoms with Gasteiger partial charge in [-0.3, -0.25) is 10.2 Å². The molecule has 1 rings (SSSR count). The number of amides is 1. The molecule has 0 saturated heterocycles. The van der Waals surface area contributed by atoms with Crippen LogP contribution in [0.4, 0.5) is 0 Å². The third kappa shape index (κ3) is 5.91. The van der Waals surface area contributed by atoms with Crippen molar-refractivity contribution in [2.24, 2.45) is 10.2 Å². The zero-order valence-corrected chi connectivity index (χ0v) is 15.0. The van der Waals surface area contributed by atoms with Crippen molar-refractivity contribution in [3.8, 4) is 0 Å². The molecule has 1 aromatic rings. The van der Waals surface area contributed by atoms with Gasteiger partial charge < -0.3 is 4.65 Å². The van der Waals surface area contributed by atoms with Gasteiger partial charge >= 0.3 is 7.62 Å². The molecule has 0 aromatic heterocycles. The fourth-order valence-corrected chi connectivity index (χ4v) is 2.26. The molecule has 0 saturated carbocycles. The van der Waals surface area contributed by atoms with Crippen molar-refractivity contribution in [2.75, 3.05) is 20.6 Å². The first kappa shape index (κ1) is 20.1. The van der Waals surface area contributed by atoms with Gasteiger partial charge in [-0.15, -0.1) is 0 Å². The number of nitrogens with zero attached hydrogens (tertiary/aromatic N) is 4.